The molecule has 0 unspecified atom stereocenters. The molecule has 2 fully saturated rings. The van der Waals surface area contributed by atoms with Crippen LogP contribution in [0.3, 0.4) is 0 Å². The first-order valence-electron chi connectivity index (χ1n) is 12.3. The van der Waals surface area contributed by atoms with Crippen molar-refractivity contribution < 1.29 is 22.7 Å². The summed E-state index contributed by atoms with van der Waals surface area (Å²) in [5.41, 5.74) is -0.733. The van der Waals surface area contributed by atoms with E-state index in [1.54, 1.807) is 0 Å². The summed E-state index contributed by atoms with van der Waals surface area (Å²) in [7, 11) is 0. The van der Waals surface area contributed by atoms with E-state index < -0.39 is 11.7 Å². The maximum absolute atomic E-state index is 12.7. The zero-order valence-corrected chi connectivity index (χ0v) is 18.8. The molecule has 0 spiro atoms. The Morgan fingerprint density at radius 2 is 1.45 bits per heavy atom. The minimum atomic E-state index is -4.38. The fraction of sp³-hybridized carbons (Fsp3) is 0.731. The zero-order chi connectivity index (χ0) is 22.3. The highest BCUT2D eigenvalue weighted by atomic mass is 19.4. The minimum Gasteiger partial charge on any atom is -0.426 e. The molecule has 0 heterocycles. The van der Waals surface area contributed by atoms with Crippen molar-refractivity contribution in [2.45, 2.75) is 96.6 Å². The Labute approximate surface area is 184 Å². The van der Waals surface area contributed by atoms with Crippen LogP contribution in [0.2, 0.25) is 0 Å². The van der Waals surface area contributed by atoms with Crippen molar-refractivity contribution in [3.8, 4) is 5.75 Å². The molecule has 174 valence electrons. The van der Waals surface area contributed by atoms with Gasteiger partial charge in [-0.1, -0.05) is 51.9 Å². The summed E-state index contributed by atoms with van der Waals surface area (Å²) in [6.45, 7) is 2.26. The molecule has 3 rings (SSSR count). The van der Waals surface area contributed by atoms with Gasteiger partial charge in [0.25, 0.3) is 0 Å². The van der Waals surface area contributed by atoms with Gasteiger partial charge in [0.2, 0.25) is 0 Å². The maximum atomic E-state index is 12.7. The molecule has 0 radical (unpaired) electrons. The Kier molecular flexibility index (Phi) is 8.85. The molecule has 0 aliphatic heterocycles. The fourth-order valence-corrected chi connectivity index (χ4v) is 5.55. The molecular formula is C26H37F3O2. The Morgan fingerprint density at radius 3 is 2.00 bits per heavy atom. The average molecular weight is 439 g/mol. The van der Waals surface area contributed by atoms with Crippen LogP contribution in [0.25, 0.3) is 0 Å². The molecule has 0 aromatic heterocycles. The van der Waals surface area contributed by atoms with Gasteiger partial charge in [-0.3, -0.25) is 4.79 Å². The van der Waals surface area contributed by atoms with E-state index in [9.17, 15) is 18.0 Å². The largest absolute Gasteiger partial charge is 0.426 e. The van der Waals surface area contributed by atoms with Crippen molar-refractivity contribution >= 4 is 5.97 Å². The zero-order valence-electron chi connectivity index (χ0n) is 18.8. The van der Waals surface area contributed by atoms with Gasteiger partial charge in [0.15, 0.2) is 0 Å². The standard InChI is InChI=1S/C26H37F3O2/c1-2-3-4-5-6-19-7-9-20(10-8-19)21-11-13-22(14-12-21)25(30)31-24-17-15-23(16-18-24)26(27,28)29/h15-22H,2-14H2,1H3. The third-order valence-electron chi connectivity index (χ3n) is 7.53. The molecule has 1 aromatic carbocycles. The minimum absolute atomic E-state index is 0.131. The monoisotopic (exact) mass is 438 g/mol. The van der Waals surface area contributed by atoms with Gasteiger partial charge in [-0.05, 0) is 80.5 Å². The molecule has 0 amide bonds. The number of benzene rings is 1. The van der Waals surface area contributed by atoms with Crippen LogP contribution in [-0.4, -0.2) is 5.97 Å². The molecule has 0 N–H and O–H groups in total. The van der Waals surface area contributed by atoms with Crippen molar-refractivity contribution in [3.05, 3.63) is 29.8 Å². The van der Waals surface area contributed by atoms with Crippen LogP contribution in [-0.2, 0) is 11.0 Å². The van der Waals surface area contributed by atoms with Crippen LogP contribution in [0.4, 0.5) is 13.2 Å². The molecule has 2 nitrogen and oxygen atoms in total. The van der Waals surface area contributed by atoms with E-state index >= 15 is 0 Å². The molecule has 2 aliphatic carbocycles. The van der Waals surface area contributed by atoms with E-state index in [4.69, 9.17) is 4.74 Å². The van der Waals surface area contributed by atoms with Crippen LogP contribution in [0, 0.1) is 23.7 Å². The highest BCUT2D eigenvalue weighted by molar-refractivity contribution is 5.75. The molecule has 0 saturated heterocycles. The lowest BCUT2D eigenvalue weighted by Crippen LogP contribution is -2.30. The molecule has 0 atom stereocenters. The number of esters is 1. The van der Waals surface area contributed by atoms with Gasteiger partial charge in [-0.25, -0.2) is 0 Å². The van der Waals surface area contributed by atoms with Gasteiger partial charge >= 0.3 is 12.1 Å². The highest BCUT2D eigenvalue weighted by Crippen LogP contribution is 2.42. The Hall–Kier alpha value is -1.52. The van der Waals surface area contributed by atoms with E-state index in [-0.39, 0.29) is 17.6 Å². The van der Waals surface area contributed by atoms with Gasteiger partial charge in [0, 0.05) is 0 Å². The SMILES string of the molecule is CCCCCCC1CCC(C2CCC(C(=O)Oc3ccc(C(F)(F)F)cc3)CC2)CC1. The molecule has 5 heteroatoms. The van der Waals surface area contributed by atoms with Gasteiger partial charge in [-0.15, -0.1) is 0 Å². The number of alkyl halides is 3. The first-order valence-corrected chi connectivity index (χ1v) is 12.3. The fourth-order valence-electron chi connectivity index (χ4n) is 5.55. The summed E-state index contributed by atoms with van der Waals surface area (Å²) in [5.74, 6) is 2.21. The second-order valence-electron chi connectivity index (χ2n) is 9.69. The Bertz CT molecular complexity index is 667. The predicted octanol–water partition coefficient (Wildman–Crippen LogP) is 8.19. The molecule has 2 aliphatic rings. The average Bonchev–Trinajstić information content (AvgIpc) is 2.77. The van der Waals surface area contributed by atoms with Gasteiger partial charge in [0.1, 0.15) is 5.75 Å². The second-order valence-corrected chi connectivity index (χ2v) is 9.69. The van der Waals surface area contributed by atoms with Crippen LogP contribution in [0.1, 0.15) is 96.0 Å². The number of hydrogen-bond acceptors (Lipinski definition) is 2. The predicted molar refractivity (Wildman–Crippen MR) is 117 cm³/mol. The summed E-state index contributed by atoms with van der Waals surface area (Å²) in [4.78, 5) is 12.5. The smallest absolute Gasteiger partial charge is 0.416 e. The number of carbonyl (C=O) groups excluding carboxylic acids is 1. The first kappa shape index (κ1) is 24.1. The molecule has 31 heavy (non-hydrogen) atoms. The maximum Gasteiger partial charge on any atom is 0.416 e. The normalized spacial score (nSPS) is 27.1. The molecular weight excluding hydrogens is 401 g/mol. The lowest BCUT2D eigenvalue weighted by atomic mass is 9.68. The van der Waals surface area contributed by atoms with Crippen molar-refractivity contribution in [3.63, 3.8) is 0 Å². The van der Waals surface area contributed by atoms with E-state index in [2.05, 4.69) is 6.92 Å². The highest BCUT2D eigenvalue weighted by Gasteiger charge is 2.34. The van der Waals surface area contributed by atoms with Gasteiger partial charge in [-0.2, -0.15) is 13.2 Å². The quantitative estimate of drug-likeness (QED) is 0.232. The van der Waals surface area contributed by atoms with Gasteiger partial charge in [0.05, 0.1) is 11.5 Å². The topological polar surface area (TPSA) is 26.3 Å². The summed E-state index contributed by atoms with van der Waals surface area (Å²) in [6, 6.07) is 4.37. The van der Waals surface area contributed by atoms with E-state index in [1.165, 1.54) is 69.9 Å². The van der Waals surface area contributed by atoms with Crippen molar-refractivity contribution in [2.24, 2.45) is 23.7 Å². The number of halogens is 3. The molecule has 1 aromatic rings. The number of hydrogen-bond donors (Lipinski definition) is 0. The summed E-state index contributed by atoms with van der Waals surface area (Å²) in [6.07, 6.45) is 11.7. The van der Waals surface area contributed by atoms with Crippen molar-refractivity contribution in [1.82, 2.24) is 0 Å². The number of rotatable bonds is 8. The lowest BCUT2D eigenvalue weighted by Gasteiger charge is -2.37. The third-order valence-corrected chi connectivity index (χ3v) is 7.53. The van der Waals surface area contributed by atoms with Crippen molar-refractivity contribution in [2.75, 3.05) is 0 Å². The van der Waals surface area contributed by atoms with E-state index in [1.807, 2.05) is 0 Å². The summed E-state index contributed by atoms with van der Waals surface area (Å²) in [5, 5.41) is 0. The van der Waals surface area contributed by atoms with Crippen LogP contribution in [0.5, 0.6) is 5.75 Å². The number of carbonyl (C=O) groups is 1. The number of unbranched alkanes of at least 4 members (excludes halogenated alkanes) is 3. The van der Waals surface area contributed by atoms with Crippen LogP contribution in [0.15, 0.2) is 24.3 Å². The van der Waals surface area contributed by atoms with Crippen LogP contribution < -0.4 is 4.74 Å². The lowest BCUT2D eigenvalue weighted by molar-refractivity contribution is -0.140. The van der Waals surface area contributed by atoms with Crippen LogP contribution >= 0.6 is 0 Å². The Morgan fingerprint density at radius 1 is 0.871 bits per heavy atom. The number of ether oxygens (including phenoxy) is 1. The first-order chi connectivity index (χ1) is 14.9. The molecule has 0 bridgehead atoms. The van der Waals surface area contributed by atoms with Crippen molar-refractivity contribution in [1.29, 1.82) is 0 Å². The Balaban J connectivity index is 1.37. The summed E-state index contributed by atoms with van der Waals surface area (Å²) >= 11 is 0. The van der Waals surface area contributed by atoms with E-state index in [0.717, 1.165) is 55.6 Å². The second kappa shape index (κ2) is 11.4. The third kappa shape index (κ3) is 7.25. The summed E-state index contributed by atoms with van der Waals surface area (Å²) < 4.78 is 43.3. The van der Waals surface area contributed by atoms with Gasteiger partial charge < -0.3 is 4.74 Å². The van der Waals surface area contributed by atoms with E-state index in [0.29, 0.717) is 0 Å². The molecule has 2 saturated carbocycles.